The zero-order chi connectivity index (χ0) is 17.8. The van der Waals surface area contributed by atoms with Crippen LogP contribution >= 0.6 is 12.2 Å². The van der Waals surface area contributed by atoms with Gasteiger partial charge in [0.15, 0.2) is 0 Å². The van der Waals surface area contributed by atoms with E-state index in [-0.39, 0.29) is 5.82 Å². The fourth-order valence-electron chi connectivity index (χ4n) is 2.44. The number of benzene rings is 1. The van der Waals surface area contributed by atoms with E-state index in [1.807, 2.05) is 38.3 Å². The lowest BCUT2D eigenvalue weighted by molar-refractivity contribution is 0.244. The summed E-state index contributed by atoms with van der Waals surface area (Å²) in [6, 6.07) is 10.3. The molecule has 1 N–H and O–H groups in total. The second-order valence-corrected chi connectivity index (χ2v) is 6.25. The Morgan fingerprint density at radius 3 is 2.68 bits per heavy atom. The molecule has 0 saturated heterocycles. The van der Waals surface area contributed by atoms with Gasteiger partial charge in [-0.05, 0) is 68.2 Å². The van der Waals surface area contributed by atoms with Crippen LogP contribution < -0.4 is 0 Å². The van der Waals surface area contributed by atoms with Crippen LogP contribution in [-0.2, 0) is 13.2 Å². The molecule has 3 rings (SSSR count). The summed E-state index contributed by atoms with van der Waals surface area (Å²) in [5.41, 5.74) is 1.03. The molecule has 0 amide bonds. The minimum atomic E-state index is -0.231. The monoisotopic (exact) mass is 358 g/mol. The lowest BCUT2D eigenvalue weighted by Crippen LogP contribution is -2.22. The Morgan fingerprint density at radius 2 is 2.00 bits per heavy atom. The number of aromatic amines is 1. The van der Waals surface area contributed by atoms with Gasteiger partial charge < -0.3 is 4.42 Å². The third-order valence-corrected chi connectivity index (χ3v) is 3.92. The zero-order valence-corrected chi connectivity index (χ0v) is 14.9. The minimum Gasteiger partial charge on any atom is -0.462 e. The van der Waals surface area contributed by atoms with Crippen molar-refractivity contribution in [3.63, 3.8) is 0 Å². The highest BCUT2D eigenvalue weighted by Gasteiger charge is 2.05. The number of hydrogen-bond acceptors (Lipinski definition) is 4. The molecule has 0 aliphatic carbocycles. The van der Waals surface area contributed by atoms with E-state index in [1.54, 1.807) is 16.8 Å². The fourth-order valence-corrected chi connectivity index (χ4v) is 2.64. The van der Waals surface area contributed by atoms with Crippen molar-refractivity contribution >= 4 is 24.4 Å². The smallest absolute Gasteiger partial charge is 0.217 e. The highest BCUT2D eigenvalue weighted by atomic mass is 32.1. The number of nitrogens with one attached hydrogen (secondary N) is 1. The summed E-state index contributed by atoms with van der Waals surface area (Å²) in [6.07, 6.45) is 3.66. The number of H-pyrrole nitrogens is 1. The van der Waals surface area contributed by atoms with E-state index in [2.05, 4.69) is 15.0 Å². The Bertz CT molecular complexity index is 923. The van der Waals surface area contributed by atoms with Crippen LogP contribution in [0.5, 0.6) is 0 Å². The number of hydrogen-bond donors (Lipinski definition) is 1. The highest BCUT2D eigenvalue weighted by Crippen LogP contribution is 2.10. The third-order valence-electron chi connectivity index (χ3n) is 3.61. The summed E-state index contributed by atoms with van der Waals surface area (Å²) in [5.74, 6) is 2.06. The molecule has 5 nitrogen and oxygen atoms in total. The average molecular weight is 358 g/mol. The first kappa shape index (κ1) is 17.3. The van der Waals surface area contributed by atoms with Gasteiger partial charge in [0.25, 0.3) is 0 Å². The van der Waals surface area contributed by atoms with Gasteiger partial charge in [-0.15, -0.1) is 0 Å². The molecule has 0 bridgehead atoms. The molecular weight excluding hydrogens is 339 g/mol. The minimum absolute atomic E-state index is 0.231. The molecule has 1 aromatic carbocycles. The molecule has 0 aliphatic rings. The molecule has 0 fully saturated rings. The normalized spacial score (nSPS) is 11.7. The van der Waals surface area contributed by atoms with Crippen molar-refractivity contribution in [2.45, 2.75) is 20.1 Å². The second-order valence-electron chi connectivity index (χ2n) is 5.88. The summed E-state index contributed by atoms with van der Waals surface area (Å²) >= 11 is 5.30. The van der Waals surface area contributed by atoms with Gasteiger partial charge in [-0.1, -0.05) is 12.1 Å². The molecule has 2 aromatic heterocycles. The Balaban J connectivity index is 1.64. The van der Waals surface area contributed by atoms with Crippen molar-refractivity contribution in [3.05, 3.63) is 69.9 Å². The van der Waals surface area contributed by atoms with E-state index < -0.39 is 0 Å². The Labute approximate surface area is 150 Å². The van der Waals surface area contributed by atoms with Gasteiger partial charge in [-0.3, -0.25) is 10.00 Å². The van der Waals surface area contributed by atoms with Crippen molar-refractivity contribution in [2.75, 3.05) is 7.05 Å². The van der Waals surface area contributed by atoms with Crippen LogP contribution in [-0.4, -0.2) is 26.7 Å². The van der Waals surface area contributed by atoms with E-state index in [0.717, 1.165) is 17.1 Å². The molecule has 0 saturated carbocycles. The molecule has 0 atom stereocenters. The first-order valence-corrected chi connectivity index (χ1v) is 8.25. The topological polar surface area (TPSA) is 50.0 Å². The molecule has 0 radical (unpaired) electrons. The molecule has 0 aliphatic heterocycles. The standard InChI is InChI=1S/C18H19FN4OS/c1-13-3-8-16(24-13)9-10-17-20-18(25)23(21-17)12-22(2)11-14-4-6-15(19)7-5-14/h3-10H,11-12H2,1-2H3,(H,20,21,25)/b10-9+. The van der Waals surface area contributed by atoms with Crippen LogP contribution in [0.2, 0.25) is 0 Å². The molecule has 3 aromatic rings. The van der Waals surface area contributed by atoms with E-state index >= 15 is 0 Å². The van der Waals surface area contributed by atoms with Gasteiger partial charge in [0.1, 0.15) is 23.2 Å². The van der Waals surface area contributed by atoms with Gasteiger partial charge in [0.2, 0.25) is 4.77 Å². The van der Waals surface area contributed by atoms with Crippen molar-refractivity contribution in [3.8, 4) is 0 Å². The average Bonchev–Trinajstić information content (AvgIpc) is 3.14. The van der Waals surface area contributed by atoms with E-state index in [1.165, 1.54) is 12.1 Å². The van der Waals surface area contributed by atoms with Crippen molar-refractivity contribution in [1.29, 1.82) is 0 Å². The van der Waals surface area contributed by atoms with Crippen LogP contribution in [0, 0.1) is 17.5 Å². The lowest BCUT2D eigenvalue weighted by Gasteiger charge is -2.16. The molecular formula is C18H19FN4OS. The SMILES string of the molecule is Cc1ccc(/C=C/c2nc(=S)n(CN(C)Cc3ccc(F)cc3)[nH]2)o1. The Kier molecular flexibility index (Phi) is 5.25. The largest absolute Gasteiger partial charge is 0.462 e. The first-order chi connectivity index (χ1) is 12.0. The predicted molar refractivity (Wildman–Crippen MR) is 97.7 cm³/mol. The molecule has 7 heteroatoms. The van der Waals surface area contributed by atoms with Gasteiger partial charge in [-0.25, -0.2) is 9.07 Å². The maximum atomic E-state index is 13.0. The lowest BCUT2D eigenvalue weighted by atomic mass is 10.2. The van der Waals surface area contributed by atoms with Crippen molar-refractivity contribution in [1.82, 2.24) is 19.7 Å². The Morgan fingerprint density at radius 1 is 1.24 bits per heavy atom. The van der Waals surface area contributed by atoms with Crippen LogP contribution in [0.1, 0.15) is 22.9 Å². The van der Waals surface area contributed by atoms with Crippen molar-refractivity contribution < 1.29 is 8.81 Å². The van der Waals surface area contributed by atoms with Gasteiger partial charge in [-0.2, -0.15) is 4.98 Å². The molecule has 25 heavy (non-hydrogen) atoms. The van der Waals surface area contributed by atoms with Crippen LogP contribution in [0.15, 0.2) is 40.8 Å². The van der Waals surface area contributed by atoms with Crippen LogP contribution in [0.3, 0.4) is 0 Å². The molecule has 2 heterocycles. The van der Waals surface area contributed by atoms with Gasteiger partial charge in [0.05, 0.1) is 6.67 Å². The molecule has 0 unspecified atom stereocenters. The summed E-state index contributed by atoms with van der Waals surface area (Å²) in [4.78, 5) is 6.38. The van der Waals surface area contributed by atoms with Gasteiger partial charge in [0, 0.05) is 6.54 Å². The third kappa shape index (κ3) is 4.74. The summed E-state index contributed by atoms with van der Waals surface area (Å²) < 4.78 is 20.7. The summed E-state index contributed by atoms with van der Waals surface area (Å²) in [7, 11) is 1.97. The van der Waals surface area contributed by atoms with Crippen molar-refractivity contribution in [2.24, 2.45) is 0 Å². The second kappa shape index (κ2) is 7.58. The maximum absolute atomic E-state index is 13.0. The quantitative estimate of drug-likeness (QED) is 0.670. The maximum Gasteiger partial charge on any atom is 0.217 e. The zero-order valence-electron chi connectivity index (χ0n) is 14.1. The first-order valence-electron chi connectivity index (χ1n) is 7.84. The molecule has 130 valence electrons. The molecule has 0 spiro atoms. The number of aromatic nitrogens is 3. The number of furan rings is 1. The van der Waals surface area contributed by atoms with Crippen LogP contribution in [0.4, 0.5) is 4.39 Å². The number of halogens is 1. The summed E-state index contributed by atoms with van der Waals surface area (Å²) in [6.45, 7) is 3.13. The number of nitrogens with zero attached hydrogens (tertiary/aromatic N) is 3. The van der Waals surface area contributed by atoms with E-state index in [4.69, 9.17) is 16.6 Å². The van der Waals surface area contributed by atoms with Gasteiger partial charge >= 0.3 is 0 Å². The van der Waals surface area contributed by atoms with E-state index in [0.29, 0.717) is 23.8 Å². The number of aryl methyl sites for hydroxylation is 1. The fraction of sp³-hybridized carbons (Fsp3) is 0.222. The van der Waals surface area contributed by atoms with E-state index in [9.17, 15) is 4.39 Å². The van der Waals surface area contributed by atoms with Crippen LogP contribution in [0.25, 0.3) is 12.2 Å². The number of rotatable bonds is 6. The highest BCUT2D eigenvalue weighted by molar-refractivity contribution is 7.71. The Hall–Kier alpha value is -2.51. The predicted octanol–water partition coefficient (Wildman–Crippen LogP) is 4.24. The summed E-state index contributed by atoms with van der Waals surface area (Å²) in [5, 5.41) is 3.16.